The van der Waals surface area contributed by atoms with Gasteiger partial charge in [0.15, 0.2) is 5.82 Å². The first-order valence-corrected chi connectivity index (χ1v) is 6.40. The van der Waals surface area contributed by atoms with Crippen LogP contribution in [0.4, 0.5) is 5.95 Å². The van der Waals surface area contributed by atoms with Crippen LogP contribution in [0, 0.1) is 0 Å². The SMILES string of the molecule is C=CCCOC(C)C(=O)Nc1nc(C(C)C)nn1C. The molecule has 1 atom stereocenters. The van der Waals surface area contributed by atoms with Crippen molar-refractivity contribution in [3.8, 4) is 0 Å². The highest BCUT2D eigenvalue weighted by Crippen LogP contribution is 2.12. The third-order valence-corrected chi connectivity index (χ3v) is 2.59. The highest BCUT2D eigenvalue weighted by atomic mass is 16.5. The van der Waals surface area contributed by atoms with Gasteiger partial charge in [-0.05, 0) is 13.3 Å². The Labute approximate surface area is 113 Å². The van der Waals surface area contributed by atoms with Gasteiger partial charge in [-0.15, -0.1) is 6.58 Å². The van der Waals surface area contributed by atoms with E-state index < -0.39 is 6.10 Å². The molecule has 6 nitrogen and oxygen atoms in total. The van der Waals surface area contributed by atoms with Crippen molar-refractivity contribution in [2.75, 3.05) is 11.9 Å². The summed E-state index contributed by atoms with van der Waals surface area (Å²) in [5, 5.41) is 6.95. The fraction of sp³-hybridized carbons (Fsp3) is 0.615. The number of aryl methyl sites for hydroxylation is 1. The predicted octanol–water partition coefficient (Wildman–Crippen LogP) is 1.86. The number of hydrogen-bond acceptors (Lipinski definition) is 4. The number of amides is 1. The molecular formula is C13H22N4O2. The van der Waals surface area contributed by atoms with Crippen LogP contribution >= 0.6 is 0 Å². The van der Waals surface area contributed by atoms with E-state index in [9.17, 15) is 4.79 Å². The predicted molar refractivity (Wildman–Crippen MR) is 73.9 cm³/mol. The monoisotopic (exact) mass is 266 g/mol. The molecule has 1 aromatic heterocycles. The van der Waals surface area contributed by atoms with Gasteiger partial charge < -0.3 is 4.74 Å². The molecule has 1 heterocycles. The maximum atomic E-state index is 11.9. The van der Waals surface area contributed by atoms with Crippen LogP contribution in [-0.4, -0.2) is 33.4 Å². The molecule has 0 saturated heterocycles. The molecular weight excluding hydrogens is 244 g/mol. The lowest BCUT2D eigenvalue weighted by atomic mass is 10.2. The number of aromatic nitrogens is 3. The lowest BCUT2D eigenvalue weighted by molar-refractivity contribution is -0.126. The summed E-state index contributed by atoms with van der Waals surface area (Å²) in [5.74, 6) is 1.14. The molecule has 1 aromatic rings. The van der Waals surface area contributed by atoms with Gasteiger partial charge >= 0.3 is 0 Å². The van der Waals surface area contributed by atoms with Crippen LogP contribution in [0.5, 0.6) is 0 Å². The first kappa shape index (κ1) is 15.4. The summed E-state index contributed by atoms with van der Waals surface area (Å²) < 4.78 is 6.93. The fourth-order valence-electron chi connectivity index (χ4n) is 1.37. The number of carbonyl (C=O) groups is 1. The zero-order valence-electron chi connectivity index (χ0n) is 12.0. The Balaban J connectivity index is 2.58. The number of carbonyl (C=O) groups excluding carboxylic acids is 1. The van der Waals surface area contributed by atoms with Crippen LogP contribution in [0.3, 0.4) is 0 Å². The molecule has 0 saturated carbocycles. The number of hydrogen-bond donors (Lipinski definition) is 1. The Morgan fingerprint density at radius 1 is 1.53 bits per heavy atom. The molecule has 0 aliphatic carbocycles. The fourth-order valence-corrected chi connectivity index (χ4v) is 1.37. The summed E-state index contributed by atoms with van der Waals surface area (Å²) in [7, 11) is 1.75. The van der Waals surface area contributed by atoms with E-state index >= 15 is 0 Å². The average molecular weight is 266 g/mol. The van der Waals surface area contributed by atoms with Crippen molar-refractivity contribution in [3.63, 3.8) is 0 Å². The van der Waals surface area contributed by atoms with Crippen molar-refractivity contribution in [1.29, 1.82) is 0 Å². The molecule has 0 radical (unpaired) electrons. The first-order valence-electron chi connectivity index (χ1n) is 6.40. The molecule has 0 aliphatic rings. The smallest absolute Gasteiger partial charge is 0.255 e. The molecule has 0 aliphatic heterocycles. The minimum Gasteiger partial charge on any atom is -0.368 e. The summed E-state index contributed by atoms with van der Waals surface area (Å²) in [6.45, 7) is 9.79. The van der Waals surface area contributed by atoms with Gasteiger partial charge in [0.25, 0.3) is 5.91 Å². The number of anilines is 1. The van der Waals surface area contributed by atoms with E-state index in [2.05, 4.69) is 22.0 Å². The highest BCUT2D eigenvalue weighted by molar-refractivity contribution is 5.92. The summed E-state index contributed by atoms with van der Waals surface area (Å²) in [4.78, 5) is 16.2. The molecule has 6 heteroatoms. The lowest BCUT2D eigenvalue weighted by Crippen LogP contribution is -2.29. The van der Waals surface area contributed by atoms with Gasteiger partial charge in [0.2, 0.25) is 5.95 Å². The topological polar surface area (TPSA) is 69.0 Å². The lowest BCUT2D eigenvalue weighted by Gasteiger charge is -2.11. The van der Waals surface area contributed by atoms with Crippen molar-refractivity contribution >= 4 is 11.9 Å². The number of nitrogens with one attached hydrogen (secondary N) is 1. The average Bonchev–Trinajstić information content (AvgIpc) is 2.71. The molecule has 1 unspecified atom stereocenters. The van der Waals surface area contributed by atoms with Crippen molar-refractivity contribution in [2.45, 2.75) is 39.2 Å². The van der Waals surface area contributed by atoms with E-state index in [0.717, 1.165) is 6.42 Å². The quantitative estimate of drug-likeness (QED) is 0.604. The maximum Gasteiger partial charge on any atom is 0.255 e. The number of ether oxygens (including phenoxy) is 1. The summed E-state index contributed by atoms with van der Waals surface area (Å²) in [6.07, 6.45) is 1.94. The number of nitrogens with zero attached hydrogens (tertiary/aromatic N) is 3. The Morgan fingerprint density at radius 2 is 2.21 bits per heavy atom. The van der Waals surface area contributed by atoms with E-state index in [1.165, 1.54) is 0 Å². The van der Waals surface area contributed by atoms with Crippen molar-refractivity contribution in [2.24, 2.45) is 7.05 Å². The molecule has 0 fully saturated rings. The van der Waals surface area contributed by atoms with Crippen LogP contribution in [-0.2, 0) is 16.6 Å². The van der Waals surface area contributed by atoms with E-state index in [1.54, 1.807) is 24.7 Å². The highest BCUT2D eigenvalue weighted by Gasteiger charge is 2.17. The Kier molecular flexibility index (Phi) is 5.69. The van der Waals surface area contributed by atoms with Crippen molar-refractivity contribution < 1.29 is 9.53 Å². The third-order valence-electron chi connectivity index (χ3n) is 2.59. The zero-order chi connectivity index (χ0) is 14.4. The molecule has 0 bridgehead atoms. The molecule has 1 amide bonds. The normalized spacial score (nSPS) is 12.5. The van der Waals surface area contributed by atoms with Crippen LogP contribution < -0.4 is 5.32 Å². The molecule has 106 valence electrons. The van der Waals surface area contributed by atoms with E-state index in [0.29, 0.717) is 18.4 Å². The molecule has 0 spiro atoms. The Hall–Kier alpha value is -1.69. The molecule has 19 heavy (non-hydrogen) atoms. The second-order valence-electron chi connectivity index (χ2n) is 4.65. The molecule has 1 N–H and O–H groups in total. The van der Waals surface area contributed by atoms with Gasteiger partial charge in [-0.25, -0.2) is 4.68 Å². The van der Waals surface area contributed by atoms with Gasteiger partial charge in [0.05, 0.1) is 6.61 Å². The summed E-state index contributed by atoms with van der Waals surface area (Å²) >= 11 is 0. The van der Waals surface area contributed by atoms with Crippen LogP contribution in [0.25, 0.3) is 0 Å². The van der Waals surface area contributed by atoms with Gasteiger partial charge in [-0.2, -0.15) is 10.1 Å². The first-order chi connectivity index (χ1) is 8.95. The van der Waals surface area contributed by atoms with E-state index in [1.807, 2.05) is 13.8 Å². The van der Waals surface area contributed by atoms with E-state index in [4.69, 9.17) is 4.74 Å². The standard InChI is InChI=1S/C13H22N4O2/c1-6-7-8-19-10(4)12(18)15-13-14-11(9(2)3)16-17(13)5/h6,9-10H,1,7-8H2,2-5H3,(H,14,15,16,18). The summed E-state index contributed by atoms with van der Waals surface area (Å²) in [5.41, 5.74) is 0. The minimum absolute atomic E-state index is 0.220. The van der Waals surface area contributed by atoms with E-state index in [-0.39, 0.29) is 11.8 Å². The maximum absolute atomic E-state index is 11.9. The van der Waals surface area contributed by atoms with Gasteiger partial charge in [0.1, 0.15) is 6.10 Å². The molecule has 1 rings (SSSR count). The van der Waals surface area contributed by atoms with Gasteiger partial charge in [0, 0.05) is 13.0 Å². The van der Waals surface area contributed by atoms with Crippen molar-refractivity contribution in [1.82, 2.24) is 14.8 Å². The van der Waals surface area contributed by atoms with Crippen LogP contribution in [0.15, 0.2) is 12.7 Å². The molecule has 0 aromatic carbocycles. The van der Waals surface area contributed by atoms with Gasteiger partial charge in [-0.3, -0.25) is 10.1 Å². The van der Waals surface area contributed by atoms with Gasteiger partial charge in [-0.1, -0.05) is 19.9 Å². The second kappa shape index (κ2) is 7.04. The number of rotatable bonds is 7. The Morgan fingerprint density at radius 3 is 2.74 bits per heavy atom. The summed E-state index contributed by atoms with van der Waals surface area (Å²) in [6, 6.07) is 0. The minimum atomic E-state index is -0.529. The largest absolute Gasteiger partial charge is 0.368 e. The van der Waals surface area contributed by atoms with Crippen LogP contribution in [0.2, 0.25) is 0 Å². The second-order valence-corrected chi connectivity index (χ2v) is 4.65. The van der Waals surface area contributed by atoms with Crippen molar-refractivity contribution in [3.05, 3.63) is 18.5 Å². The third kappa shape index (κ3) is 4.48. The van der Waals surface area contributed by atoms with Crippen LogP contribution in [0.1, 0.15) is 38.9 Å². The Bertz CT molecular complexity index is 440. The zero-order valence-corrected chi connectivity index (χ0v) is 12.0.